The van der Waals surface area contributed by atoms with Crippen LogP contribution in [-0.4, -0.2) is 10.9 Å². The summed E-state index contributed by atoms with van der Waals surface area (Å²) in [5.74, 6) is -0.261. The molecule has 1 unspecified atom stereocenters. The summed E-state index contributed by atoms with van der Waals surface area (Å²) in [6, 6.07) is 4.92. The quantitative estimate of drug-likeness (QED) is 0.807. The lowest BCUT2D eigenvalue weighted by molar-refractivity contribution is -0.124. The van der Waals surface area contributed by atoms with E-state index in [1.54, 1.807) is 38.4 Å². The van der Waals surface area contributed by atoms with Crippen LogP contribution in [0.2, 0.25) is 0 Å². The predicted octanol–water partition coefficient (Wildman–Crippen LogP) is 1.42. The van der Waals surface area contributed by atoms with Gasteiger partial charge in [0.1, 0.15) is 6.04 Å². The maximum absolute atomic E-state index is 11.4. The van der Waals surface area contributed by atoms with E-state index in [0.29, 0.717) is 5.56 Å². The number of hydrogen-bond acceptors (Lipinski definition) is 3. The third kappa shape index (κ3) is 3.06. The minimum absolute atomic E-state index is 0.127. The third-order valence-electron chi connectivity index (χ3n) is 1.96. The molecule has 0 aromatic carbocycles. The molecule has 1 N–H and O–H groups in total. The molecule has 0 bridgehead atoms. The second-order valence-corrected chi connectivity index (χ2v) is 3.51. The van der Waals surface area contributed by atoms with Crippen molar-refractivity contribution in [3.63, 3.8) is 0 Å². The van der Waals surface area contributed by atoms with E-state index in [0.717, 1.165) is 0 Å². The van der Waals surface area contributed by atoms with Crippen LogP contribution < -0.4 is 5.32 Å². The van der Waals surface area contributed by atoms with E-state index in [4.69, 9.17) is 5.26 Å². The van der Waals surface area contributed by atoms with Crippen LogP contribution in [0, 0.1) is 17.2 Å². The van der Waals surface area contributed by atoms with Gasteiger partial charge in [0.05, 0.1) is 6.07 Å². The minimum atomic E-state index is -0.617. The molecule has 0 aliphatic carbocycles. The van der Waals surface area contributed by atoms with Gasteiger partial charge in [0.2, 0.25) is 5.91 Å². The van der Waals surface area contributed by atoms with Gasteiger partial charge >= 0.3 is 0 Å². The summed E-state index contributed by atoms with van der Waals surface area (Å²) in [4.78, 5) is 15.3. The number of nitriles is 1. The Balaban J connectivity index is 2.75. The van der Waals surface area contributed by atoms with Gasteiger partial charge in [0.25, 0.3) is 0 Å². The molecule has 4 nitrogen and oxygen atoms in total. The zero-order valence-electron chi connectivity index (χ0n) is 8.77. The number of rotatable bonds is 3. The summed E-state index contributed by atoms with van der Waals surface area (Å²) in [6.45, 7) is 3.57. The number of amides is 1. The zero-order chi connectivity index (χ0) is 11.3. The van der Waals surface area contributed by atoms with Crippen LogP contribution >= 0.6 is 0 Å². The maximum Gasteiger partial charge on any atom is 0.223 e. The molecule has 1 atom stereocenters. The molecular weight excluding hydrogens is 190 g/mol. The molecule has 0 saturated carbocycles. The Hall–Kier alpha value is -1.89. The number of hydrogen-bond donors (Lipinski definition) is 1. The standard InChI is InChI=1S/C11H13N3O/c1-8(2)11(15)14-10(6-12)9-4-3-5-13-7-9/h3-5,7-8,10H,1-2H3,(H,14,15). The molecule has 0 radical (unpaired) electrons. The van der Waals surface area contributed by atoms with Crippen molar-refractivity contribution in [1.29, 1.82) is 5.26 Å². The van der Waals surface area contributed by atoms with Gasteiger partial charge in [-0.3, -0.25) is 9.78 Å². The first-order chi connectivity index (χ1) is 7.15. The van der Waals surface area contributed by atoms with Gasteiger partial charge in [-0.15, -0.1) is 0 Å². The Morgan fingerprint density at radius 3 is 2.80 bits per heavy atom. The first-order valence-corrected chi connectivity index (χ1v) is 4.75. The Morgan fingerprint density at radius 2 is 2.33 bits per heavy atom. The number of pyridine rings is 1. The summed E-state index contributed by atoms with van der Waals surface area (Å²) in [7, 11) is 0. The molecule has 0 spiro atoms. The smallest absolute Gasteiger partial charge is 0.223 e. The number of carbonyl (C=O) groups excluding carboxylic acids is 1. The molecule has 0 aliphatic rings. The van der Waals surface area contributed by atoms with E-state index in [1.165, 1.54) is 0 Å². The molecule has 4 heteroatoms. The lowest BCUT2D eigenvalue weighted by Crippen LogP contribution is -2.31. The normalized spacial score (nSPS) is 11.9. The van der Waals surface area contributed by atoms with Gasteiger partial charge in [-0.2, -0.15) is 5.26 Å². The molecule has 0 saturated heterocycles. The van der Waals surface area contributed by atoms with Crippen molar-refractivity contribution in [1.82, 2.24) is 10.3 Å². The van der Waals surface area contributed by atoms with Crippen LogP contribution in [0.1, 0.15) is 25.5 Å². The molecule has 0 aliphatic heterocycles. The van der Waals surface area contributed by atoms with E-state index >= 15 is 0 Å². The Bertz CT molecular complexity index is 367. The van der Waals surface area contributed by atoms with Gasteiger partial charge < -0.3 is 5.32 Å². The molecule has 1 aromatic rings. The molecule has 15 heavy (non-hydrogen) atoms. The summed E-state index contributed by atoms with van der Waals surface area (Å²) in [5, 5.41) is 11.6. The molecule has 78 valence electrons. The van der Waals surface area contributed by atoms with Crippen molar-refractivity contribution in [3.05, 3.63) is 30.1 Å². The highest BCUT2D eigenvalue weighted by Gasteiger charge is 2.15. The van der Waals surface area contributed by atoms with Crippen molar-refractivity contribution >= 4 is 5.91 Å². The van der Waals surface area contributed by atoms with Gasteiger partial charge in [0, 0.05) is 23.9 Å². The fourth-order valence-corrected chi connectivity index (χ4v) is 1.05. The van der Waals surface area contributed by atoms with Gasteiger partial charge in [-0.1, -0.05) is 19.9 Å². The lowest BCUT2D eigenvalue weighted by atomic mass is 10.1. The van der Waals surface area contributed by atoms with Crippen molar-refractivity contribution in [2.24, 2.45) is 5.92 Å². The summed E-state index contributed by atoms with van der Waals surface area (Å²) >= 11 is 0. The van der Waals surface area contributed by atoms with Crippen LogP contribution in [0.15, 0.2) is 24.5 Å². The fraction of sp³-hybridized carbons (Fsp3) is 0.364. The highest BCUT2D eigenvalue weighted by Crippen LogP contribution is 2.10. The van der Waals surface area contributed by atoms with Crippen LogP contribution in [0.5, 0.6) is 0 Å². The molecule has 1 aromatic heterocycles. The molecule has 0 fully saturated rings. The van der Waals surface area contributed by atoms with Crippen LogP contribution in [0.4, 0.5) is 0 Å². The Morgan fingerprint density at radius 1 is 1.60 bits per heavy atom. The van der Waals surface area contributed by atoms with E-state index < -0.39 is 6.04 Å². The highest BCUT2D eigenvalue weighted by molar-refractivity contribution is 5.78. The van der Waals surface area contributed by atoms with Gasteiger partial charge in [0.15, 0.2) is 0 Å². The van der Waals surface area contributed by atoms with Crippen LogP contribution in [0.25, 0.3) is 0 Å². The number of nitrogens with zero attached hydrogens (tertiary/aromatic N) is 2. The summed E-state index contributed by atoms with van der Waals surface area (Å²) in [6.07, 6.45) is 3.21. The van der Waals surface area contributed by atoms with E-state index in [-0.39, 0.29) is 11.8 Å². The first-order valence-electron chi connectivity index (χ1n) is 4.75. The number of aromatic nitrogens is 1. The molecule has 1 amide bonds. The van der Waals surface area contributed by atoms with E-state index in [1.807, 2.05) is 6.07 Å². The van der Waals surface area contributed by atoms with E-state index in [9.17, 15) is 4.79 Å². The monoisotopic (exact) mass is 203 g/mol. The largest absolute Gasteiger partial charge is 0.336 e. The van der Waals surface area contributed by atoms with Crippen molar-refractivity contribution < 1.29 is 4.79 Å². The van der Waals surface area contributed by atoms with Gasteiger partial charge in [-0.05, 0) is 6.07 Å². The number of nitrogens with one attached hydrogen (secondary N) is 1. The third-order valence-corrected chi connectivity index (χ3v) is 1.96. The Kier molecular flexibility index (Phi) is 3.81. The number of carbonyl (C=O) groups is 1. The van der Waals surface area contributed by atoms with Crippen molar-refractivity contribution in [3.8, 4) is 6.07 Å². The van der Waals surface area contributed by atoms with E-state index in [2.05, 4.69) is 10.3 Å². The zero-order valence-corrected chi connectivity index (χ0v) is 8.77. The fourth-order valence-electron chi connectivity index (χ4n) is 1.05. The molecular formula is C11H13N3O. The summed E-state index contributed by atoms with van der Waals surface area (Å²) < 4.78 is 0. The average Bonchev–Trinajstić information content (AvgIpc) is 2.26. The van der Waals surface area contributed by atoms with Crippen LogP contribution in [0.3, 0.4) is 0 Å². The predicted molar refractivity (Wildman–Crippen MR) is 55.6 cm³/mol. The SMILES string of the molecule is CC(C)C(=O)NC(C#N)c1cccnc1. The van der Waals surface area contributed by atoms with Crippen molar-refractivity contribution in [2.75, 3.05) is 0 Å². The van der Waals surface area contributed by atoms with Gasteiger partial charge in [-0.25, -0.2) is 0 Å². The highest BCUT2D eigenvalue weighted by atomic mass is 16.1. The second-order valence-electron chi connectivity index (χ2n) is 3.51. The molecule has 1 heterocycles. The maximum atomic E-state index is 11.4. The van der Waals surface area contributed by atoms with Crippen LogP contribution in [-0.2, 0) is 4.79 Å². The lowest BCUT2D eigenvalue weighted by Gasteiger charge is -2.12. The average molecular weight is 203 g/mol. The Labute approximate surface area is 88.9 Å². The topological polar surface area (TPSA) is 65.8 Å². The summed E-state index contributed by atoms with van der Waals surface area (Å²) in [5.41, 5.74) is 0.703. The second kappa shape index (κ2) is 5.11. The van der Waals surface area contributed by atoms with Crippen molar-refractivity contribution in [2.45, 2.75) is 19.9 Å². The minimum Gasteiger partial charge on any atom is -0.336 e. The molecule has 1 rings (SSSR count). The first kappa shape index (κ1) is 11.2.